The van der Waals surface area contributed by atoms with E-state index in [0.717, 1.165) is 37.7 Å². The van der Waals surface area contributed by atoms with E-state index in [-0.39, 0.29) is 5.91 Å². The van der Waals surface area contributed by atoms with Gasteiger partial charge < -0.3 is 23.8 Å². The molecule has 3 heterocycles. The largest absolute Gasteiger partial charge is 0.459 e. The van der Waals surface area contributed by atoms with Crippen LogP contribution in [0.15, 0.2) is 56.7 Å². The van der Waals surface area contributed by atoms with Gasteiger partial charge in [-0.2, -0.15) is 0 Å². The SMILES string of the molecule is C[C@@H](Sc1nnc(-c2ccco2)o1)C(=O)Nc1ccc(N2CCOCC2)cc1. The minimum Gasteiger partial charge on any atom is -0.459 e. The van der Waals surface area contributed by atoms with Crippen LogP contribution in [0.2, 0.25) is 0 Å². The van der Waals surface area contributed by atoms with Crippen molar-refractivity contribution < 1.29 is 18.4 Å². The molecule has 1 fully saturated rings. The summed E-state index contributed by atoms with van der Waals surface area (Å²) < 4.78 is 16.1. The Hall–Kier alpha value is -2.78. The van der Waals surface area contributed by atoms with Gasteiger partial charge in [0.25, 0.3) is 11.1 Å². The highest BCUT2D eigenvalue weighted by atomic mass is 32.2. The smallest absolute Gasteiger partial charge is 0.284 e. The number of amides is 1. The normalized spacial score (nSPS) is 15.4. The maximum atomic E-state index is 12.5. The lowest BCUT2D eigenvalue weighted by molar-refractivity contribution is -0.115. The van der Waals surface area contributed by atoms with E-state index in [1.807, 2.05) is 24.3 Å². The Bertz CT molecular complexity index is 904. The molecule has 1 aliphatic heterocycles. The van der Waals surface area contributed by atoms with Gasteiger partial charge in [0.2, 0.25) is 5.91 Å². The average molecular weight is 400 g/mol. The number of hydrogen-bond donors (Lipinski definition) is 1. The zero-order valence-corrected chi connectivity index (χ0v) is 16.1. The van der Waals surface area contributed by atoms with Crippen molar-refractivity contribution in [3.63, 3.8) is 0 Å². The number of aromatic nitrogens is 2. The number of anilines is 2. The third-order valence-electron chi connectivity index (χ3n) is 4.30. The molecule has 4 rings (SSSR count). The number of carbonyl (C=O) groups excluding carboxylic acids is 1. The van der Waals surface area contributed by atoms with Crippen LogP contribution in [0, 0.1) is 0 Å². The van der Waals surface area contributed by atoms with Crippen molar-refractivity contribution in [1.29, 1.82) is 0 Å². The van der Waals surface area contributed by atoms with Gasteiger partial charge in [-0.25, -0.2) is 0 Å². The number of ether oxygens (including phenoxy) is 1. The third kappa shape index (κ3) is 4.37. The molecule has 28 heavy (non-hydrogen) atoms. The van der Waals surface area contributed by atoms with Crippen molar-refractivity contribution in [1.82, 2.24) is 10.2 Å². The predicted molar refractivity (Wildman–Crippen MR) is 105 cm³/mol. The quantitative estimate of drug-likeness (QED) is 0.630. The second kappa shape index (κ2) is 8.49. The van der Waals surface area contributed by atoms with Crippen LogP contribution in [0.3, 0.4) is 0 Å². The number of carbonyl (C=O) groups is 1. The Labute approximate surface area is 166 Å². The standard InChI is InChI=1S/C19H20N4O4S/c1-13(28-19-22-21-18(27-19)16-3-2-10-26-16)17(24)20-14-4-6-15(7-5-14)23-8-11-25-12-9-23/h2-7,10,13H,8-9,11-12H2,1H3,(H,20,24)/t13-/m1/s1. The molecule has 9 heteroatoms. The highest BCUT2D eigenvalue weighted by Crippen LogP contribution is 2.27. The highest BCUT2D eigenvalue weighted by Gasteiger charge is 2.20. The molecular formula is C19H20N4O4S. The monoisotopic (exact) mass is 400 g/mol. The zero-order chi connectivity index (χ0) is 19.3. The Morgan fingerprint density at radius 1 is 1.18 bits per heavy atom. The molecule has 0 saturated carbocycles. The first-order valence-corrected chi connectivity index (χ1v) is 9.85. The maximum absolute atomic E-state index is 12.5. The van der Waals surface area contributed by atoms with E-state index in [9.17, 15) is 4.79 Å². The van der Waals surface area contributed by atoms with Crippen LogP contribution in [0.1, 0.15) is 6.92 Å². The molecule has 0 bridgehead atoms. The lowest BCUT2D eigenvalue weighted by Gasteiger charge is -2.28. The fraction of sp³-hybridized carbons (Fsp3) is 0.316. The van der Waals surface area contributed by atoms with Gasteiger partial charge in [0.05, 0.1) is 24.7 Å². The fourth-order valence-electron chi connectivity index (χ4n) is 2.78. The summed E-state index contributed by atoms with van der Waals surface area (Å²) in [6.45, 7) is 5.03. The summed E-state index contributed by atoms with van der Waals surface area (Å²) >= 11 is 1.20. The molecule has 1 aromatic carbocycles. The first-order valence-electron chi connectivity index (χ1n) is 8.97. The molecule has 0 aliphatic carbocycles. The highest BCUT2D eigenvalue weighted by molar-refractivity contribution is 8.00. The van der Waals surface area contributed by atoms with E-state index in [1.165, 1.54) is 18.0 Å². The molecule has 1 amide bonds. The van der Waals surface area contributed by atoms with E-state index >= 15 is 0 Å². The van der Waals surface area contributed by atoms with Gasteiger partial charge in [-0.05, 0) is 43.3 Å². The molecule has 1 aliphatic rings. The minimum atomic E-state index is -0.399. The van der Waals surface area contributed by atoms with Crippen molar-refractivity contribution in [2.75, 3.05) is 36.5 Å². The van der Waals surface area contributed by atoms with Crippen LogP contribution in [0.5, 0.6) is 0 Å². The second-order valence-corrected chi connectivity index (χ2v) is 7.54. The van der Waals surface area contributed by atoms with Crippen molar-refractivity contribution >= 4 is 29.0 Å². The molecule has 3 aromatic rings. The molecule has 1 N–H and O–H groups in total. The summed E-state index contributed by atoms with van der Waals surface area (Å²) in [7, 11) is 0. The molecule has 1 atom stereocenters. The number of rotatable bonds is 6. The summed E-state index contributed by atoms with van der Waals surface area (Å²) in [5.74, 6) is 0.650. The minimum absolute atomic E-state index is 0.137. The summed E-state index contributed by atoms with van der Waals surface area (Å²) in [6, 6.07) is 11.3. The van der Waals surface area contributed by atoms with Crippen LogP contribution >= 0.6 is 11.8 Å². The summed E-state index contributed by atoms with van der Waals surface area (Å²) in [5, 5.41) is 10.7. The van der Waals surface area contributed by atoms with Gasteiger partial charge in [-0.15, -0.1) is 10.2 Å². The first kappa shape index (κ1) is 18.6. The molecular weight excluding hydrogens is 380 g/mol. The van der Waals surface area contributed by atoms with E-state index in [1.54, 1.807) is 19.1 Å². The summed E-state index contributed by atoms with van der Waals surface area (Å²) in [5.41, 5.74) is 1.87. The van der Waals surface area contributed by atoms with Gasteiger partial charge >= 0.3 is 0 Å². The Morgan fingerprint density at radius 2 is 1.96 bits per heavy atom. The fourth-order valence-corrected chi connectivity index (χ4v) is 3.47. The Morgan fingerprint density at radius 3 is 2.68 bits per heavy atom. The Balaban J connectivity index is 1.33. The maximum Gasteiger partial charge on any atom is 0.284 e. The predicted octanol–water partition coefficient (Wildman–Crippen LogP) is 3.29. The van der Waals surface area contributed by atoms with Gasteiger partial charge in [-0.3, -0.25) is 4.79 Å². The summed E-state index contributed by atoms with van der Waals surface area (Å²) in [6.07, 6.45) is 1.53. The number of thioether (sulfide) groups is 1. The van der Waals surface area contributed by atoms with E-state index < -0.39 is 5.25 Å². The third-order valence-corrected chi connectivity index (χ3v) is 5.23. The molecule has 0 unspecified atom stereocenters. The average Bonchev–Trinajstić information content (AvgIpc) is 3.41. The van der Waals surface area contributed by atoms with Crippen LogP contribution in [0.4, 0.5) is 11.4 Å². The summed E-state index contributed by atoms with van der Waals surface area (Å²) in [4.78, 5) is 14.7. The van der Waals surface area contributed by atoms with E-state index in [0.29, 0.717) is 16.9 Å². The lowest BCUT2D eigenvalue weighted by Crippen LogP contribution is -2.36. The topological polar surface area (TPSA) is 93.6 Å². The molecule has 2 aromatic heterocycles. The first-order chi connectivity index (χ1) is 13.7. The number of hydrogen-bond acceptors (Lipinski definition) is 8. The van der Waals surface area contributed by atoms with Gasteiger partial charge in [0, 0.05) is 24.5 Å². The van der Waals surface area contributed by atoms with Crippen LogP contribution in [-0.2, 0) is 9.53 Å². The second-order valence-electron chi connectivity index (χ2n) is 6.25. The van der Waals surface area contributed by atoms with Crippen molar-refractivity contribution in [3.05, 3.63) is 42.7 Å². The zero-order valence-electron chi connectivity index (χ0n) is 15.3. The lowest BCUT2D eigenvalue weighted by atomic mass is 10.2. The van der Waals surface area contributed by atoms with Gasteiger partial charge in [0.15, 0.2) is 5.76 Å². The number of morpholine rings is 1. The number of nitrogens with one attached hydrogen (secondary N) is 1. The number of benzene rings is 1. The molecule has 1 saturated heterocycles. The van der Waals surface area contributed by atoms with Crippen LogP contribution in [-0.4, -0.2) is 47.7 Å². The van der Waals surface area contributed by atoms with Gasteiger partial charge in [0.1, 0.15) is 0 Å². The van der Waals surface area contributed by atoms with Crippen LogP contribution < -0.4 is 10.2 Å². The van der Waals surface area contributed by atoms with Crippen molar-refractivity contribution in [2.45, 2.75) is 17.4 Å². The number of nitrogens with zero attached hydrogens (tertiary/aromatic N) is 3. The molecule has 0 spiro atoms. The van der Waals surface area contributed by atoms with E-state index in [2.05, 4.69) is 20.4 Å². The van der Waals surface area contributed by atoms with E-state index in [4.69, 9.17) is 13.6 Å². The number of furan rings is 1. The van der Waals surface area contributed by atoms with Crippen molar-refractivity contribution in [3.8, 4) is 11.7 Å². The molecule has 0 radical (unpaired) electrons. The Kier molecular flexibility index (Phi) is 5.63. The van der Waals surface area contributed by atoms with Gasteiger partial charge in [-0.1, -0.05) is 11.8 Å². The van der Waals surface area contributed by atoms with Crippen molar-refractivity contribution in [2.24, 2.45) is 0 Å². The molecule has 146 valence electrons. The molecule has 8 nitrogen and oxygen atoms in total. The van der Waals surface area contributed by atoms with Crippen LogP contribution in [0.25, 0.3) is 11.7 Å².